The van der Waals surface area contributed by atoms with E-state index >= 15 is 0 Å². The highest BCUT2D eigenvalue weighted by Gasteiger charge is 2.42. The van der Waals surface area contributed by atoms with Gasteiger partial charge in [-0.2, -0.15) is 0 Å². The fraction of sp³-hybridized carbons (Fsp3) is 0.333. The minimum Gasteiger partial charge on any atom is -0.497 e. The summed E-state index contributed by atoms with van der Waals surface area (Å²) in [6, 6.07) is 15.8. The second kappa shape index (κ2) is 4.10. The minimum absolute atomic E-state index is 0.0406. The molecule has 0 aliphatic carbocycles. The summed E-state index contributed by atoms with van der Waals surface area (Å²) >= 11 is 0. The van der Waals surface area contributed by atoms with Gasteiger partial charge in [0, 0.05) is 11.6 Å². The van der Waals surface area contributed by atoms with E-state index in [1.54, 1.807) is 7.11 Å². The molecule has 0 fully saturated rings. The van der Waals surface area contributed by atoms with Crippen LogP contribution in [0.2, 0.25) is 0 Å². The predicted molar refractivity (Wildman–Crippen MR) is 80.1 cm³/mol. The lowest BCUT2D eigenvalue weighted by atomic mass is 9.82. The van der Waals surface area contributed by atoms with Crippen molar-refractivity contribution in [1.29, 1.82) is 0 Å². The molecule has 2 aromatic rings. The maximum absolute atomic E-state index is 5.38. The van der Waals surface area contributed by atoms with E-state index in [9.17, 15) is 0 Å². The zero-order chi connectivity index (χ0) is 13.7. The molecule has 0 saturated carbocycles. The molecule has 20 heavy (non-hydrogen) atoms. The number of methoxy groups -OCH3 is 1. The van der Waals surface area contributed by atoms with Crippen molar-refractivity contribution in [2.24, 2.45) is 0 Å². The summed E-state index contributed by atoms with van der Waals surface area (Å²) in [7, 11) is 1.74. The fourth-order valence-corrected chi connectivity index (χ4v) is 3.84. The number of rotatable bonds is 1. The number of benzene rings is 2. The van der Waals surface area contributed by atoms with E-state index in [0.29, 0.717) is 6.04 Å². The van der Waals surface area contributed by atoms with Crippen LogP contribution in [0.5, 0.6) is 5.75 Å². The first kappa shape index (κ1) is 12.0. The van der Waals surface area contributed by atoms with Gasteiger partial charge in [-0.1, -0.05) is 30.3 Å². The maximum atomic E-state index is 5.38. The molecule has 2 aliphatic rings. The highest BCUT2D eigenvalue weighted by molar-refractivity contribution is 5.48. The Balaban J connectivity index is 1.85. The Hall–Kier alpha value is -1.80. The largest absolute Gasteiger partial charge is 0.497 e. The maximum Gasteiger partial charge on any atom is 0.119 e. The summed E-state index contributed by atoms with van der Waals surface area (Å²) in [5.74, 6) is 0.957. The molecule has 0 saturated heterocycles. The van der Waals surface area contributed by atoms with Crippen LogP contribution >= 0.6 is 0 Å². The first-order valence-corrected chi connectivity index (χ1v) is 7.22. The quantitative estimate of drug-likeness (QED) is 0.853. The summed E-state index contributed by atoms with van der Waals surface area (Å²) in [6.07, 6.45) is 2.08. The lowest BCUT2D eigenvalue weighted by Crippen LogP contribution is -2.36. The molecule has 2 aliphatic heterocycles. The Kier molecular flexibility index (Phi) is 2.45. The molecule has 0 amide bonds. The van der Waals surface area contributed by atoms with Crippen molar-refractivity contribution >= 4 is 0 Å². The monoisotopic (exact) mass is 265 g/mol. The molecular formula is C18H19NO. The normalized spacial score (nSPS) is 26.6. The average Bonchev–Trinajstić information content (AvgIpc) is 2.64. The van der Waals surface area contributed by atoms with Crippen molar-refractivity contribution in [2.75, 3.05) is 7.11 Å². The molecule has 2 heterocycles. The van der Waals surface area contributed by atoms with Gasteiger partial charge in [-0.05, 0) is 54.2 Å². The molecule has 2 bridgehead atoms. The lowest BCUT2D eigenvalue weighted by Gasteiger charge is -2.26. The topological polar surface area (TPSA) is 21.3 Å². The van der Waals surface area contributed by atoms with Crippen molar-refractivity contribution < 1.29 is 4.74 Å². The Morgan fingerprint density at radius 3 is 2.85 bits per heavy atom. The third-order valence-corrected chi connectivity index (χ3v) is 4.80. The van der Waals surface area contributed by atoms with Crippen molar-refractivity contribution in [3.8, 4) is 5.75 Å². The summed E-state index contributed by atoms with van der Waals surface area (Å²) in [4.78, 5) is 0. The predicted octanol–water partition coefficient (Wildman–Crippen LogP) is 3.35. The van der Waals surface area contributed by atoms with Gasteiger partial charge in [0.25, 0.3) is 0 Å². The first-order valence-electron chi connectivity index (χ1n) is 7.22. The van der Waals surface area contributed by atoms with Gasteiger partial charge in [-0.15, -0.1) is 0 Å². The van der Waals surface area contributed by atoms with Crippen LogP contribution in [-0.4, -0.2) is 7.11 Å². The average molecular weight is 265 g/mol. The molecule has 2 heteroatoms. The van der Waals surface area contributed by atoms with E-state index < -0.39 is 0 Å². The number of ether oxygens (including phenoxy) is 1. The van der Waals surface area contributed by atoms with Crippen LogP contribution in [0.1, 0.15) is 35.2 Å². The molecule has 2 aromatic carbocycles. The molecule has 1 N–H and O–H groups in total. The number of hydrogen-bond donors (Lipinski definition) is 1. The van der Waals surface area contributed by atoms with Gasteiger partial charge in [0.05, 0.1) is 7.11 Å². The summed E-state index contributed by atoms with van der Waals surface area (Å²) in [5.41, 5.74) is 5.83. The highest BCUT2D eigenvalue weighted by atomic mass is 16.5. The zero-order valence-corrected chi connectivity index (χ0v) is 11.9. The van der Waals surface area contributed by atoms with E-state index in [2.05, 4.69) is 54.7 Å². The SMILES string of the molecule is COc1ccc2c(c1)CC1(C)NC(C2)c2ccccc21. The van der Waals surface area contributed by atoms with Crippen LogP contribution < -0.4 is 10.1 Å². The van der Waals surface area contributed by atoms with Gasteiger partial charge in [-0.25, -0.2) is 0 Å². The Labute approximate surface area is 119 Å². The van der Waals surface area contributed by atoms with Crippen LogP contribution in [0.25, 0.3) is 0 Å². The molecule has 0 radical (unpaired) electrons. The minimum atomic E-state index is 0.0406. The summed E-state index contributed by atoms with van der Waals surface area (Å²) in [5, 5.41) is 3.84. The third kappa shape index (κ3) is 1.61. The van der Waals surface area contributed by atoms with Gasteiger partial charge in [0.1, 0.15) is 5.75 Å². The molecule has 102 valence electrons. The standard InChI is InChI=1S/C18H19NO/c1-18-11-13-9-14(20-2)8-7-12(13)10-17(19-18)15-5-3-4-6-16(15)18/h3-9,17,19H,10-11H2,1-2H3. The summed E-state index contributed by atoms with van der Waals surface area (Å²) < 4.78 is 5.38. The number of nitrogens with one attached hydrogen (secondary N) is 1. The van der Waals surface area contributed by atoms with Crippen molar-refractivity contribution in [1.82, 2.24) is 5.32 Å². The molecule has 2 nitrogen and oxygen atoms in total. The first-order chi connectivity index (χ1) is 9.69. The second-order valence-corrected chi connectivity index (χ2v) is 6.13. The van der Waals surface area contributed by atoms with Crippen LogP contribution in [-0.2, 0) is 18.4 Å². The van der Waals surface area contributed by atoms with Gasteiger partial charge < -0.3 is 10.1 Å². The van der Waals surface area contributed by atoms with E-state index in [0.717, 1.165) is 18.6 Å². The molecular weight excluding hydrogens is 246 g/mol. The Morgan fingerprint density at radius 2 is 2.00 bits per heavy atom. The van der Waals surface area contributed by atoms with Gasteiger partial charge in [-0.3, -0.25) is 0 Å². The van der Waals surface area contributed by atoms with Crippen LogP contribution in [0, 0.1) is 0 Å². The van der Waals surface area contributed by atoms with Gasteiger partial charge in [0.15, 0.2) is 0 Å². The van der Waals surface area contributed by atoms with Gasteiger partial charge in [0.2, 0.25) is 0 Å². The lowest BCUT2D eigenvalue weighted by molar-refractivity contribution is 0.367. The van der Waals surface area contributed by atoms with Crippen LogP contribution in [0.4, 0.5) is 0 Å². The van der Waals surface area contributed by atoms with Gasteiger partial charge >= 0.3 is 0 Å². The molecule has 4 rings (SSSR count). The molecule has 2 unspecified atom stereocenters. The molecule has 0 spiro atoms. The van der Waals surface area contributed by atoms with Crippen LogP contribution in [0.15, 0.2) is 42.5 Å². The number of hydrogen-bond acceptors (Lipinski definition) is 2. The van der Waals surface area contributed by atoms with E-state index in [4.69, 9.17) is 4.74 Å². The van der Waals surface area contributed by atoms with Crippen molar-refractivity contribution in [2.45, 2.75) is 31.3 Å². The Morgan fingerprint density at radius 1 is 1.15 bits per heavy atom. The van der Waals surface area contributed by atoms with E-state index in [-0.39, 0.29) is 5.54 Å². The number of fused-ring (bicyclic) bond motifs is 6. The van der Waals surface area contributed by atoms with Crippen molar-refractivity contribution in [3.63, 3.8) is 0 Å². The Bertz CT molecular complexity index is 679. The van der Waals surface area contributed by atoms with E-state index in [1.807, 2.05) is 0 Å². The van der Waals surface area contributed by atoms with Crippen molar-refractivity contribution in [3.05, 3.63) is 64.7 Å². The molecule has 0 aromatic heterocycles. The van der Waals surface area contributed by atoms with Crippen LogP contribution in [0.3, 0.4) is 0 Å². The highest BCUT2D eigenvalue weighted by Crippen LogP contribution is 2.44. The fourth-order valence-electron chi connectivity index (χ4n) is 3.84. The smallest absolute Gasteiger partial charge is 0.119 e. The third-order valence-electron chi connectivity index (χ3n) is 4.80. The summed E-state index contributed by atoms with van der Waals surface area (Å²) in [6.45, 7) is 2.32. The zero-order valence-electron chi connectivity index (χ0n) is 11.9. The second-order valence-electron chi connectivity index (χ2n) is 6.13. The van der Waals surface area contributed by atoms with E-state index in [1.165, 1.54) is 22.3 Å². The molecule has 2 atom stereocenters.